The molecule has 4 nitrogen and oxygen atoms in total. The van der Waals surface area contributed by atoms with E-state index in [0.29, 0.717) is 6.61 Å². The van der Waals surface area contributed by atoms with Gasteiger partial charge < -0.3 is 14.4 Å². The van der Waals surface area contributed by atoms with Crippen LogP contribution in [0.5, 0.6) is 0 Å². The number of ether oxygens (including phenoxy) is 2. The first-order valence-corrected chi connectivity index (χ1v) is 9.65. The monoisotopic (exact) mass is 403 g/mol. The van der Waals surface area contributed by atoms with Crippen molar-refractivity contribution in [1.82, 2.24) is 4.90 Å². The van der Waals surface area contributed by atoms with Gasteiger partial charge in [-0.05, 0) is 37.9 Å². The lowest BCUT2D eigenvalue weighted by Gasteiger charge is -2.31. The molecular weight excluding hydrogens is 374 g/mol. The molecule has 2 aromatic carbocycles. The summed E-state index contributed by atoms with van der Waals surface area (Å²) in [6, 6.07) is 20.6. The number of esters is 1. The minimum absolute atomic E-state index is 0. The first kappa shape index (κ1) is 22.4. The van der Waals surface area contributed by atoms with Gasteiger partial charge in [-0.2, -0.15) is 0 Å². The quantitative estimate of drug-likeness (QED) is 0.653. The number of hydrogen-bond acceptors (Lipinski definition) is 4. The lowest BCUT2D eigenvalue weighted by Crippen LogP contribution is -2.36. The minimum Gasteiger partial charge on any atom is -0.461 e. The molecule has 152 valence electrons. The van der Waals surface area contributed by atoms with Gasteiger partial charge in [-0.15, -0.1) is 12.4 Å². The number of halogens is 1. The molecule has 3 rings (SSSR count). The van der Waals surface area contributed by atoms with E-state index in [1.807, 2.05) is 36.4 Å². The van der Waals surface area contributed by atoms with Crippen LogP contribution in [0.15, 0.2) is 60.7 Å². The highest BCUT2D eigenvalue weighted by molar-refractivity contribution is 5.85. The summed E-state index contributed by atoms with van der Waals surface area (Å²) >= 11 is 0. The Morgan fingerprint density at radius 2 is 1.50 bits per heavy atom. The Morgan fingerprint density at radius 1 is 1.00 bits per heavy atom. The number of hydrogen-bond donors (Lipinski definition) is 0. The molecule has 5 heteroatoms. The Bertz CT molecular complexity index is 676. The first-order chi connectivity index (χ1) is 13.1. The summed E-state index contributed by atoms with van der Waals surface area (Å²) in [5.41, 5.74) is 2.01. The fourth-order valence-corrected chi connectivity index (χ4v) is 3.61. The fourth-order valence-electron chi connectivity index (χ4n) is 3.61. The summed E-state index contributed by atoms with van der Waals surface area (Å²) in [7, 11) is 2.09. The second-order valence-corrected chi connectivity index (χ2v) is 7.55. The highest BCUT2D eigenvalue weighted by Crippen LogP contribution is 2.32. The van der Waals surface area contributed by atoms with Crippen molar-refractivity contribution in [3.63, 3.8) is 0 Å². The molecule has 0 unspecified atom stereocenters. The number of likely N-dealkylation sites (tertiary alicyclic amines) is 1. The van der Waals surface area contributed by atoms with Crippen LogP contribution < -0.4 is 0 Å². The van der Waals surface area contributed by atoms with Crippen molar-refractivity contribution < 1.29 is 14.3 Å². The molecular formula is C23H30ClNO3. The predicted octanol–water partition coefficient (Wildman–Crippen LogP) is 4.07. The van der Waals surface area contributed by atoms with Crippen LogP contribution in [0, 0.1) is 0 Å². The molecule has 1 fully saturated rings. The van der Waals surface area contributed by atoms with Crippen molar-refractivity contribution in [2.75, 3.05) is 33.4 Å². The van der Waals surface area contributed by atoms with Crippen LogP contribution in [-0.2, 0) is 19.7 Å². The maximum Gasteiger partial charge on any atom is 0.332 e. The maximum atomic E-state index is 12.2. The van der Waals surface area contributed by atoms with Crippen LogP contribution in [0.1, 0.15) is 30.9 Å². The fraction of sp³-hybridized carbons (Fsp3) is 0.435. The molecule has 1 aliphatic heterocycles. The van der Waals surface area contributed by atoms with Gasteiger partial charge in [-0.1, -0.05) is 60.7 Å². The zero-order valence-corrected chi connectivity index (χ0v) is 17.5. The van der Waals surface area contributed by atoms with Crippen molar-refractivity contribution in [3.8, 4) is 0 Å². The summed E-state index contributed by atoms with van der Waals surface area (Å²) in [5, 5.41) is 0. The second-order valence-electron chi connectivity index (χ2n) is 7.55. The molecule has 1 saturated heterocycles. The van der Waals surface area contributed by atoms with Crippen molar-refractivity contribution >= 4 is 18.4 Å². The van der Waals surface area contributed by atoms with Crippen LogP contribution in [0.4, 0.5) is 0 Å². The number of piperidine rings is 1. The summed E-state index contributed by atoms with van der Waals surface area (Å²) in [5.74, 6) is -0.270. The lowest BCUT2D eigenvalue weighted by molar-refractivity contribution is -0.156. The number of carbonyl (C=O) groups is 1. The van der Waals surface area contributed by atoms with Crippen LogP contribution in [-0.4, -0.2) is 50.3 Å². The Kier molecular flexibility index (Phi) is 8.49. The van der Waals surface area contributed by atoms with Gasteiger partial charge in [0, 0.05) is 18.5 Å². The van der Waals surface area contributed by atoms with Crippen molar-refractivity contribution in [2.45, 2.75) is 31.3 Å². The molecule has 0 atom stereocenters. The standard InChI is InChI=1S/C23H29NO3.ClH/c1-23(19-9-5-3-6-10-19,20-11-7-4-8-12-20)18-26-17-22(25)27-21-13-15-24(2)16-14-21;/h3-12,21H,13-18H2,1-2H3;1H. The molecule has 1 aliphatic rings. The molecule has 0 radical (unpaired) electrons. The molecule has 0 N–H and O–H groups in total. The van der Waals surface area contributed by atoms with Crippen LogP contribution in [0.25, 0.3) is 0 Å². The smallest absolute Gasteiger partial charge is 0.332 e. The van der Waals surface area contributed by atoms with E-state index in [2.05, 4.69) is 43.1 Å². The van der Waals surface area contributed by atoms with Gasteiger partial charge >= 0.3 is 5.97 Å². The van der Waals surface area contributed by atoms with Gasteiger partial charge in [0.1, 0.15) is 12.7 Å². The Balaban J connectivity index is 0.00000280. The third kappa shape index (κ3) is 5.81. The van der Waals surface area contributed by atoms with Gasteiger partial charge in [0.25, 0.3) is 0 Å². The number of carbonyl (C=O) groups excluding carboxylic acids is 1. The molecule has 28 heavy (non-hydrogen) atoms. The predicted molar refractivity (Wildman–Crippen MR) is 114 cm³/mol. The SMILES string of the molecule is CN1CCC(OC(=O)COCC(C)(c2ccccc2)c2ccccc2)CC1.Cl. The van der Waals surface area contributed by atoms with E-state index in [9.17, 15) is 4.79 Å². The summed E-state index contributed by atoms with van der Waals surface area (Å²) in [4.78, 5) is 14.4. The van der Waals surface area contributed by atoms with E-state index in [4.69, 9.17) is 9.47 Å². The molecule has 0 amide bonds. The lowest BCUT2D eigenvalue weighted by atomic mass is 9.77. The molecule has 0 spiro atoms. The number of benzene rings is 2. The topological polar surface area (TPSA) is 38.8 Å². The largest absolute Gasteiger partial charge is 0.461 e. The Labute approximate surface area is 174 Å². The maximum absolute atomic E-state index is 12.2. The number of nitrogens with zero attached hydrogens (tertiary/aromatic N) is 1. The second kappa shape index (κ2) is 10.6. The van der Waals surface area contributed by atoms with Crippen molar-refractivity contribution in [1.29, 1.82) is 0 Å². The van der Waals surface area contributed by atoms with Gasteiger partial charge in [-0.25, -0.2) is 4.79 Å². The molecule has 0 saturated carbocycles. The Hall–Kier alpha value is -1.88. The van der Waals surface area contributed by atoms with E-state index in [1.54, 1.807) is 0 Å². The minimum atomic E-state index is -0.323. The average Bonchev–Trinajstić information content (AvgIpc) is 2.71. The zero-order valence-electron chi connectivity index (χ0n) is 16.7. The summed E-state index contributed by atoms with van der Waals surface area (Å²) in [6.45, 7) is 4.50. The third-order valence-electron chi connectivity index (χ3n) is 5.40. The normalized spacial score (nSPS) is 15.6. The molecule has 1 heterocycles. The molecule has 0 aromatic heterocycles. The van der Waals surface area contributed by atoms with Gasteiger partial charge in [0.05, 0.1) is 6.61 Å². The van der Waals surface area contributed by atoms with Crippen molar-refractivity contribution in [3.05, 3.63) is 71.8 Å². The van der Waals surface area contributed by atoms with Crippen LogP contribution in [0.3, 0.4) is 0 Å². The first-order valence-electron chi connectivity index (χ1n) is 9.65. The Morgan fingerprint density at radius 3 is 2.00 bits per heavy atom. The highest BCUT2D eigenvalue weighted by atomic mass is 35.5. The van der Waals surface area contributed by atoms with E-state index < -0.39 is 0 Å². The zero-order chi connectivity index (χ0) is 19.1. The van der Waals surface area contributed by atoms with Gasteiger partial charge in [0.15, 0.2) is 0 Å². The van der Waals surface area contributed by atoms with E-state index in [-0.39, 0.29) is 36.5 Å². The van der Waals surface area contributed by atoms with Gasteiger partial charge in [-0.3, -0.25) is 0 Å². The van der Waals surface area contributed by atoms with Crippen molar-refractivity contribution in [2.24, 2.45) is 0 Å². The average molecular weight is 404 g/mol. The van der Waals surface area contributed by atoms with Gasteiger partial charge in [0.2, 0.25) is 0 Å². The number of rotatable bonds is 7. The highest BCUT2D eigenvalue weighted by Gasteiger charge is 2.29. The van der Waals surface area contributed by atoms with E-state index in [0.717, 1.165) is 25.9 Å². The van der Waals surface area contributed by atoms with E-state index in [1.165, 1.54) is 11.1 Å². The van der Waals surface area contributed by atoms with Crippen LogP contribution in [0.2, 0.25) is 0 Å². The summed E-state index contributed by atoms with van der Waals surface area (Å²) in [6.07, 6.45) is 1.81. The third-order valence-corrected chi connectivity index (χ3v) is 5.40. The summed E-state index contributed by atoms with van der Waals surface area (Å²) < 4.78 is 11.4. The molecule has 2 aromatic rings. The van der Waals surface area contributed by atoms with E-state index >= 15 is 0 Å². The van der Waals surface area contributed by atoms with Crippen LogP contribution >= 0.6 is 12.4 Å². The molecule has 0 bridgehead atoms. The molecule has 0 aliphatic carbocycles.